The molecule has 0 unspecified atom stereocenters. The highest BCUT2D eigenvalue weighted by Crippen LogP contribution is 2.72. The van der Waals surface area contributed by atoms with Crippen LogP contribution in [0.25, 0.3) is 0 Å². The van der Waals surface area contributed by atoms with Crippen LogP contribution in [0.4, 0.5) is 101 Å². The van der Waals surface area contributed by atoms with E-state index < -0.39 is 96.4 Å². The van der Waals surface area contributed by atoms with Gasteiger partial charge in [-0.3, -0.25) is 0 Å². The van der Waals surface area contributed by atoms with Gasteiger partial charge in [-0.1, -0.05) is 40.0 Å². The fourth-order valence-electron chi connectivity index (χ4n) is 5.79. The third-order valence-corrected chi connectivity index (χ3v) is 13.3. The number of hydrogen-bond donors (Lipinski definition) is 0. The standard InChI is InChI=1S/C42H39F23O5S/c1-4-7-22-67-25-10-16-28(17-11-25)71(29-18-12-26(13-19-29)68-23-8-5-2,30-20-14-27(15-21-30)69-24-9-6-3)70-31(66)32(43,44)33(45,46)34(47,48)35(49,50)36(51,52)37(53,54)38(55,56)39(57,58)40(59,60)41(61,62)42(63,64)65/h10-21H,4-9,22-24H2,1-3H3. The summed E-state index contributed by atoms with van der Waals surface area (Å²) in [5.74, 6) is -95.1. The fourth-order valence-corrected chi connectivity index (χ4v) is 8.78. The van der Waals surface area contributed by atoms with E-state index in [9.17, 15) is 79.4 Å². The molecular weight excluding hydrogens is 1050 g/mol. The van der Waals surface area contributed by atoms with Gasteiger partial charge in [0.05, 0.1) is 19.8 Å². The van der Waals surface area contributed by atoms with E-state index in [0.29, 0.717) is 38.5 Å². The zero-order valence-electron chi connectivity index (χ0n) is 36.4. The third-order valence-electron chi connectivity index (χ3n) is 10.1. The van der Waals surface area contributed by atoms with Gasteiger partial charge in [-0.05, 0) is 102 Å². The zero-order chi connectivity index (χ0) is 54.7. The van der Waals surface area contributed by atoms with Gasteiger partial charge in [-0.2, -0.15) is 101 Å². The summed E-state index contributed by atoms with van der Waals surface area (Å²) in [4.78, 5) is 11.8. The minimum absolute atomic E-state index is 0.0150. The summed E-state index contributed by atoms with van der Waals surface area (Å²) < 4.78 is 350. The number of carbonyl (C=O) groups is 1. The van der Waals surface area contributed by atoms with E-state index in [1.165, 1.54) is 0 Å². The molecule has 29 heteroatoms. The van der Waals surface area contributed by atoms with E-state index in [1.807, 2.05) is 0 Å². The first-order chi connectivity index (χ1) is 32.2. The Hall–Kier alpha value is -4.73. The minimum atomic E-state index is -9.60. The molecule has 3 rings (SSSR count). The highest BCUT2D eigenvalue weighted by Gasteiger charge is 2.99. The molecule has 0 aliphatic rings. The van der Waals surface area contributed by atoms with Crippen LogP contribution in [0.15, 0.2) is 87.5 Å². The number of rotatable bonds is 26. The first-order valence-corrected chi connectivity index (χ1v) is 21.9. The van der Waals surface area contributed by atoms with E-state index in [0.717, 1.165) is 72.8 Å². The number of ether oxygens (including phenoxy) is 3. The first kappa shape index (κ1) is 60.6. The van der Waals surface area contributed by atoms with Crippen LogP contribution in [-0.4, -0.2) is 91.2 Å². The lowest BCUT2D eigenvalue weighted by molar-refractivity contribution is -0.477. The van der Waals surface area contributed by atoms with Crippen molar-refractivity contribution >= 4 is 16.3 Å². The SMILES string of the molecule is CCCCOc1ccc(S(OC(=O)C(F)(F)C(F)(F)C(F)(F)C(F)(F)C(F)(F)C(F)(F)C(F)(F)C(F)(F)C(F)(F)C(F)(F)C(F)(F)F)(c2ccc(OCCCC)cc2)c2ccc(OCCCC)cc2)cc1. The normalized spacial score (nSPS) is 14.6. The van der Waals surface area contributed by atoms with Crippen LogP contribution in [-0.2, 0) is 8.98 Å². The van der Waals surface area contributed by atoms with Crippen molar-refractivity contribution in [1.82, 2.24) is 0 Å². The maximum absolute atomic E-state index is 15.8. The van der Waals surface area contributed by atoms with Crippen molar-refractivity contribution < 1.29 is 124 Å². The van der Waals surface area contributed by atoms with Gasteiger partial charge in [-0.15, -0.1) is 0 Å². The van der Waals surface area contributed by atoms with Gasteiger partial charge < -0.3 is 18.4 Å². The van der Waals surface area contributed by atoms with Crippen LogP contribution in [0, 0.1) is 0 Å². The molecule has 0 fully saturated rings. The minimum Gasteiger partial charge on any atom is -0.494 e. The lowest BCUT2D eigenvalue weighted by Gasteiger charge is -2.45. The second-order valence-corrected chi connectivity index (χ2v) is 17.9. The average molecular weight is 1090 g/mol. The number of unbranched alkanes of at least 4 members (excludes halogenated alkanes) is 3. The van der Waals surface area contributed by atoms with Crippen molar-refractivity contribution in [2.45, 2.75) is 139 Å². The van der Waals surface area contributed by atoms with Crippen molar-refractivity contribution in [3.05, 3.63) is 72.8 Å². The Bertz CT molecular complexity index is 2090. The van der Waals surface area contributed by atoms with E-state index in [2.05, 4.69) is 0 Å². The molecule has 5 nitrogen and oxygen atoms in total. The second-order valence-electron chi connectivity index (χ2n) is 15.2. The summed E-state index contributed by atoms with van der Waals surface area (Å²) in [6, 6.07) is 11.9. The van der Waals surface area contributed by atoms with Crippen molar-refractivity contribution in [1.29, 1.82) is 0 Å². The van der Waals surface area contributed by atoms with E-state index in [4.69, 9.17) is 18.4 Å². The fraction of sp³-hybridized carbons (Fsp3) is 0.548. The van der Waals surface area contributed by atoms with Crippen LogP contribution >= 0.6 is 10.3 Å². The number of alkyl halides is 23. The lowest BCUT2D eigenvalue weighted by Crippen LogP contribution is -2.78. The van der Waals surface area contributed by atoms with Gasteiger partial charge in [0, 0.05) is 14.7 Å². The molecule has 0 aliphatic carbocycles. The summed E-state index contributed by atoms with van der Waals surface area (Å²) in [7, 11) is -4.63. The molecule has 0 atom stereocenters. The third kappa shape index (κ3) is 10.3. The topological polar surface area (TPSA) is 54.0 Å². The van der Waals surface area contributed by atoms with Gasteiger partial charge in [0.2, 0.25) is 0 Å². The molecule has 0 N–H and O–H groups in total. The molecule has 0 saturated heterocycles. The summed E-state index contributed by atoms with van der Waals surface area (Å²) in [6.45, 7) is 5.43. The van der Waals surface area contributed by atoms with Crippen molar-refractivity contribution in [3.63, 3.8) is 0 Å². The maximum Gasteiger partial charge on any atom is 0.460 e. The predicted molar refractivity (Wildman–Crippen MR) is 205 cm³/mol. The molecule has 0 aliphatic heterocycles. The van der Waals surface area contributed by atoms with E-state index in [1.54, 1.807) is 20.8 Å². The quantitative estimate of drug-likeness (QED) is 0.0592. The average Bonchev–Trinajstić information content (AvgIpc) is 3.28. The van der Waals surface area contributed by atoms with Crippen LogP contribution < -0.4 is 14.2 Å². The summed E-state index contributed by atoms with van der Waals surface area (Å²) in [5.41, 5.74) is 0. The number of hydrogen-bond acceptors (Lipinski definition) is 5. The van der Waals surface area contributed by atoms with Crippen LogP contribution in [0.2, 0.25) is 0 Å². The lowest BCUT2D eigenvalue weighted by atomic mass is 9.85. The van der Waals surface area contributed by atoms with E-state index in [-0.39, 0.29) is 37.1 Å². The van der Waals surface area contributed by atoms with Gasteiger partial charge in [0.1, 0.15) is 17.2 Å². The molecule has 0 heterocycles. The molecule has 71 heavy (non-hydrogen) atoms. The molecule has 0 bridgehead atoms. The number of benzene rings is 3. The Morgan fingerprint density at radius 3 is 0.817 bits per heavy atom. The van der Waals surface area contributed by atoms with Crippen LogP contribution in [0.1, 0.15) is 59.3 Å². The molecule has 0 aromatic heterocycles. The molecule has 3 aromatic rings. The smallest absolute Gasteiger partial charge is 0.460 e. The Morgan fingerprint density at radius 1 is 0.366 bits per heavy atom. The highest BCUT2D eigenvalue weighted by molar-refractivity contribution is 8.30. The molecule has 0 saturated carbocycles. The van der Waals surface area contributed by atoms with Crippen molar-refractivity contribution in [2.75, 3.05) is 19.8 Å². The second kappa shape index (κ2) is 21.0. The molecule has 404 valence electrons. The first-order valence-electron chi connectivity index (χ1n) is 20.3. The predicted octanol–water partition coefficient (Wildman–Crippen LogP) is 15.9. The van der Waals surface area contributed by atoms with Crippen molar-refractivity contribution in [2.24, 2.45) is 0 Å². The monoisotopic (exact) mass is 1090 g/mol. The number of carbonyl (C=O) groups excluding carboxylic acids is 1. The van der Waals surface area contributed by atoms with Gasteiger partial charge in [-0.25, -0.2) is 4.79 Å². The van der Waals surface area contributed by atoms with Gasteiger partial charge in [0.15, 0.2) is 0 Å². The zero-order valence-corrected chi connectivity index (χ0v) is 37.3. The Labute approximate surface area is 389 Å². The molecule has 3 aromatic carbocycles. The molecular formula is C42H39F23O5S. The Morgan fingerprint density at radius 2 is 0.592 bits per heavy atom. The van der Waals surface area contributed by atoms with Crippen molar-refractivity contribution in [3.8, 4) is 17.2 Å². The van der Waals surface area contributed by atoms with Crippen LogP contribution in [0.5, 0.6) is 17.2 Å². The Kier molecular flexibility index (Phi) is 17.9. The highest BCUT2D eigenvalue weighted by atomic mass is 32.3. The molecule has 0 amide bonds. The van der Waals surface area contributed by atoms with E-state index >= 15 is 26.3 Å². The van der Waals surface area contributed by atoms with Crippen LogP contribution in [0.3, 0.4) is 0 Å². The molecule has 0 spiro atoms. The summed E-state index contributed by atoms with van der Waals surface area (Å²) in [6.07, 6.45) is -5.04. The number of halogens is 23. The summed E-state index contributed by atoms with van der Waals surface area (Å²) >= 11 is 0. The summed E-state index contributed by atoms with van der Waals surface area (Å²) in [5, 5.41) is 0. The van der Waals surface area contributed by atoms with Gasteiger partial charge in [0.25, 0.3) is 0 Å². The largest absolute Gasteiger partial charge is 0.494 e. The van der Waals surface area contributed by atoms with Gasteiger partial charge >= 0.3 is 71.4 Å². The Balaban J connectivity index is 2.33. The maximum atomic E-state index is 15.8. The molecule has 0 radical (unpaired) electrons.